The summed E-state index contributed by atoms with van der Waals surface area (Å²) < 4.78 is 23.7. The van der Waals surface area contributed by atoms with Gasteiger partial charge >= 0.3 is 7.82 Å². The van der Waals surface area contributed by atoms with Gasteiger partial charge in [-0.05, 0) is 32.1 Å². The molecule has 0 aromatic carbocycles. The van der Waals surface area contributed by atoms with Gasteiger partial charge in [-0.25, -0.2) is 4.57 Å². The van der Waals surface area contributed by atoms with Crippen molar-refractivity contribution in [2.45, 2.75) is 296 Å². The number of hydrogen-bond donors (Lipinski definition) is 3. The van der Waals surface area contributed by atoms with Gasteiger partial charge in [-0.2, -0.15) is 0 Å². The van der Waals surface area contributed by atoms with Crippen LogP contribution in [0.3, 0.4) is 0 Å². The van der Waals surface area contributed by atoms with Crippen LogP contribution in [0.4, 0.5) is 0 Å². The number of quaternary nitrogens is 1. The Hall–Kier alpha value is -1.02. The smallest absolute Gasteiger partial charge is 0.387 e. The number of likely N-dealkylation sites (N-methyl/N-ethyl adjacent to an activating group) is 1. The van der Waals surface area contributed by atoms with Gasteiger partial charge in [-0.15, -0.1) is 0 Å². The van der Waals surface area contributed by atoms with E-state index < -0.39 is 20.0 Å². The van der Waals surface area contributed by atoms with Gasteiger partial charge in [0.05, 0.1) is 39.9 Å². The molecule has 0 rings (SSSR count). The molecular formula is C57H114N2O6P+. The normalized spacial score (nSPS) is 14.1. The first-order valence-electron chi connectivity index (χ1n) is 28.7. The number of nitrogens with zero attached hydrogens (tertiary/aromatic N) is 1. The summed E-state index contributed by atoms with van der Waals surface area (Å²) in [5.41, 5.74) is 0. The van der Waals surface area contributed by atoms with E-state index in [0.29, 0.717) is 17.4 Å². The molecule has 0 aliphatic rings. The Bertz CT molecular complexity index is 1130. The summed E-state index contributed by atoms with van der Waals surface area (Å²) in [6, 6.07) is -0.860. The van der Waals surface area contributed by atoms with Gasteiger partial charge in [0.2, 0.25) is 5.91 Å². The van der Waals surface area contributed by atoms with Gasteiger partial charge in [0.25, 0.3) is 0 Å². The van der Waals surface area contributed by atoms with Gasteiger partial charge in [0, 0.05) is 6.42 Å². The Morgan fingerprint density at radius 3 is 1.21 bits per heavy atom. The third kappa shape index (κ3) is 50.8. The molecule has 9 heteroatoms. The van der Waals surface area contributed by atoms with Crippen LogP contribution >= 0.6 is 7.82 Å². The molecule has 0 fully saturated rings. The number of unbranched alkanes of at least 4 members (excludes halogenated alkanes) is 38. The molecule has 66 heavy (non-hydrogen) atoms. The summed E-state index contributed by atoms with van der Waals surface area (Å²) in [6.07, 6.45) is 61.4. The number of allylic oxidation sites excluding steroid dienone is 3. The van der Waals surface area contributed by atoms with Crippen molar-refractivity contribution in [3.63, 3.8) is 0 Å². The van der Waals surface area contributed by atoms with Crippen molar-refractivity contribution in [1.29, 1.82) is 0 Å². The van der Waals surface area contributed by atoms with Crippen molar-refractivity contribution in [1.82, 2.24) is 5.32 Å². The van der Waals surface area contributed by atoms with Crippen LogP contribution in [0.5, 0.6) is 0 Å². The zero-order chi connectivity index (χ0) is 48.5. The lowest BCUT2D eigenvalue weighted by Crippen LogP contribution is -2.45. The van der Waals surface area contributed by atoms with E-state index in [1.807, 2.05) is 27.2 Å². The number of phosphoric ester groups is 1. The number of amides is 1. The maximum Gasteiger partial charge on any atom is 0.472 e. The third-order valence-electron chi connectivity index (χ3n) is 13.2. The Morgan fingerprint density at radius 1 is 0.500 bits per heavy atom. The van der Waals surface area contributed by atoms with Gasteiger partial charge in [-0.1, -0.05) is 269 Å². The minimum Gasteiger partial charge on any atom is -0.387 e. The fraction of sp³-hybridized carbons (Fsp3) is 0.912. The van der Waals surface area contributed by atoms with E-state index in [4.69, 9.17) is 9.05 Å². The highest BCUT2D eigenvalue weighted by molar-refractivity contribution is 7.47. The first kappa shape index (κ1) is 65.0. The maximum atomic E-state index is 13.0. The molecule has 0 heterocycles. The first-order valence-corrected chi connectivity index (χ1v) is 30.2. The van der Waals surface area contributed by atoms with Gasteiger partial charge in [0.15, 0.2) is 0 Å². The second kappa shape index (κ2) is 49.0. The summed E-state index contributed by atoms with van der Waals surface area (Å²) in [5.74, 6) is -0.181. The monoisotopic (exact) mass is 954 g/mol. The van der Waals surface area contributed by atoms with Crippen molar-refractivity contribution in [3.05, 3.63) is 24.3 Å². The van der Waals surface area contributed by atoms with Crippen LogP contribution in [-0.4, -0.2) is 73.4 Å². The van der Waals surface area contributed by atoms with E-state index in [1.54, 1.807) is 6.08 Å². The van der Waals surface area contributed by atoms with Crippen LogP contribution in [0.25, 0.3) is 0 Å². The molecule has 8 nitrogen and oxygen atoms in total. The molecule has 3 N–H and O–H groups in total. The second-order valence-electron chi connectivity index (χ2n) is 21.0. The Labute approximate surface area is 411 Å². The number of carbonyl (C=O) groups excluding carboxylic acids is 1. The van der Waals surface area contributed by atoms with Crippen molar-refractivity contribution < 1.29 is 32.9 Å². The number of nitrogens with one attached hydrogen (secondary N) is 1. The highest BCUT2D eigenvalue weighted by Crippen LogP contribution is 2.43. The topological polar surface area (TPSA) is 105 Å². The summed E-state index contributed by atoms with van der Waals surface area (Å²) in [5, 5.41) is 13.9. The minimum absolute atomic E-state index is 0.0588. The van der Waals surface area contributed by atoms with E-state index in [-0.39, 0.29) is 19.1 Å². The Morgan fingerprint density at radius 2 is 0.833 bits per heavy atom. The van der Waals surface area contributed by atoms with Gasteiger partial charge < -0.3 is 19.8 Å². The number of rotatable bonds is 53. The predicted molar refractivity (Wildman–Crippen MR) is 286 cm³/mol. The molecule has 3 unspecified atom stereocenters. The van der Waals surface area contributed by atoms with E-state index in [2.05, 4.69) is 31.3 Å². The number of carbonyl (C=O) groups is 1. The maximum absolute atomic E-state index is 13.0. The SMILES string of the molecule is CCCCCCCCCCCCCCCCCCC/C=C/CC/C=C/C(O)C(COP(=O)(O)OCC[N+](C)(C)C)NC(=O)CCCCCCCCCCCCCCCCCCCCCCC. The Balaban J connectivity index is 4.24. The van der Waals surface area contributed by atoms with E-state index in [9.17, 15) is 19.4 Å². The zero-order valence-electron chi connectivity index (χ0n) is 44.7. The standard InChI is InChI=1S/C57H113N2O6P/c1-6-8-10-12-14-16-18-20-22-24-26-28-29-31-32-34-36-38-40-42-44-46-48-50-56(60)55(54-65-66(62,63)64-53-52-59(3,4)5)58-57(61)51-49-47-45-43-41-39-37-35-33-30-27-25-23-21-19-17-15-13-11-9-7-2/h40,42,48,50,55-56,60H,6-39,41,43-47,49,51-54H2,1-5H3,(H-,58,61,62,63)/p+1/b42-40+,50-48+. The van der Waals surface area contributed by atoms with Gasteiger partial charge in [0.1, 0.15) is 13.2 Å². The third-order valence-corrected chi connectivity index (χ3v) is 14.2. The van der Waals surface area contributed by atoms with Crippen LogP contribution < -0.4 is 5.32 Å². The lowest BCUT2D eigenvalue weighted by Gasteiger charge is -2.25. The van der Waals surface area contributed by atoms with Crippen LogP contribution in [0.15, 0.2) is 24.3 Å². The van der Waals surface area contributed by atoms with E-state index >= 15 is 0 Å². The summed E-state index contributed by atoms with van der Waals surface area (Å²) in [6.45, 7) is 4.84. The molecule has 0 aliphatic heterocycles. The van der Waals surface area contributed by atoms with Crippen molar-refractivity contribution in [2.75, 3.05) is 40.9 Å². The molecule has 0 aromatic rings. The molecule has 0 aliphatic carbocycles. The summed E-state index contributed by atoms with van der Waals surface area (Å²) >= 11 is 0. The second-order valence-corrected chi connectivity index (χ2v) is 22.5. The summed E-state index contributed by atoms with van der Waals surface area (Å²) in [7, 11) is 1.57. The molecule has 1 amide bonds. The average molecular weight is 955 g/mol. The predicted octanol–water partition coefficient (Wildman–Crippen LogP) is 17.2. The van der Waals surface area contributed by atoms with Crippen LogP contribution in [0.1, 0.15) is 284 Å². The van der Waals surface area contributed by atoms with E-state index in [0.717, 1.165) is 38.5 Å². The van der Waals surface area contributed by atoms with Crippen LogP contribution in [-0.2, 0) is 18.4 Å². The molecule has 0 aromatic heterocycles. The van der Waals surface area contributed by atoms with Crippen molar-refractivity contribution in [3.8, 4) is 0 Å². The number of hydrogen-bond acceptors (Lipinski definition) is 5. The Kier molecular flexibility index (Phi) is 48.2. The van der Waals surface area contributed by atoms with Crippen LogP contribution in [0.2, 0.25) is 0 Å². The fourth-order valence-electron chi connectivity index (χ4n) is 8.65. The molecule has 0 saturated carbocycles. The molecule has 0 saturated heterocycles. The van der Waals surface area contributed by atoms with Crippen LogP contribution in [0, 0.1) is 0 Å². The lowest BCUT2D eigenvalue weighted by molar-refractivity contribution is -0.870. The fourth-order valence-corrected chi connectivity index (χ4v) is 9.38. The molecular weight excluding hydrogens is 840 g/mol. The average Bonchev–Trinajstić information content (AvgIpc) is 3.28. The van der Waals surface area contributed by atoms with Gasteiger partial charge in [-0.3, -0.25) is 13.8 Å². The highest BCUT2D eigenvalue weighted by Gasteiger charge is 2.27. The molecule has 3 atom stereocenters. The lowest BCUT2D eigenvalue weighted by atomic mass is 10.0. The largest absolute Gasteiger partial charge is 0.472 e. The van der Waals surface area contributed by atoms with Crippen molar-refractivity contribution >= 4 is 13.7 Å². The van der Waals surface area contributed by atoms with Crippen molar-refractivity contribution in [2.24, 2.45) is 0 Å². The molecule has 0 radical (unpaired) electrons. The minimum atomic E-state index is -4.35. The molecule has 0 spiro atoms. The number of aliphatic hydroxyl groups is 1. The molecule has 0 bridgehead atoms. The quantitative estimate of drug-likeness (QED) is 0.0243. The first-order chi connectivity index (χ1) is 32.0. The zero-order valence-corrected chi connectivity index (χ0v) is 45.6. The molecule has 392 valence electrons. The number of phosphoric acid groups is 1. The summed E-state index contributed by atoms with van der Waals surface area (Å²) in [4.78, 5) is 23.3. The number of aliphatic hydroxyl groups excluding tert-OH is 1. The van der Waals surface area contributed by atoms with E-state index in [1.165, 1.54) is 225 Å². The highest BCUT2D eigenvalue weighted by atomic mass is 31.2.